The van der Waals surface area contributed by atoms with Crippen LogP contribution in [0.3, 0.4) is 0 Å². The molecule has 0 unspecified atom stereocenters. The van der Waals surface area contributed by atoms with Crippen LogP contribution in [-0.4, -0.2) is 35.0 Å². The summed E-state index contributed by atoms with van der Waals surface area (Å²) in [5.74, 6) is 0. The van der Waals surface area contributed by atoms with E-state index in [1.54, 1.807) is 4.90 Å². The van der Waals surface area contributed by atoms with Gasteiger partial charge in [-0.05, 0) is 41.5 Å². The second-order valence-electron chi connectivity index (χ2n) is 5.70. The topological polar surface area (TPSA) is 38.8 Å². The van der Waals surface area contributed by atoms with E-state index in [0.717, 1.165) is 0 Å². The molecule has 1 aliphatic heterocycles. The molecule has 4 nitrogen and oxygen atoms in total. The van der Waals surface area contributed by atoms with E-state index in [-0.39, 0.29) is 12.1 Å². The van der Waals surface area contributed by atoms with Gasteiger partial charge in [0, 0.05) is 0 Å². The number of amides is 1. The molecule has 1 saturated heterocycles. The van der Waals surface area contributed by atoms with E-state index >= 15 is 0 Å². The number of rotatable bonds is 1. The van der Waals surface area contributed by atoms with Crippen molar-refractivity contribution in [1.82, 2.24) is 4.90 Å². The third kappa shape index (κ3) is 3.46. The average Bonchev–Trinajstić information content (AvgIpc) is 2.39. The summed E-state index contributed by atoms with van der Waals surface area (Å²) >= 11 is 0. The molecule has 0 N–H and O–H groups in total. The highest BCUT2D eigenvalue weighted by Crippen LogP contribution is 2.29. The fourth-order valence-corrected chi connectivity index (χ4v) is 1.86. The van der Waals surface area contributed by atoms with Gasteiger partial charge in [0.25, 0.3) is 0 Å². The van der Waals surface area contributed by atoms with Crippen molar-refractivity contribution in [3.63, 3.8) is 0 Å². The van der Waals surface area contributed by atoms with E-state index < -0.39 is 11.3 Å². The Morgan fingerprint density at radius 2 is 2.06 bits per heavy atom. The highest BCUT2D eigenvalue weighted by molar-refractivity contribution is 5.70. The van der Waals surface area contributed by atoms with Crippen LogP contribution in [0.5, 0.6) is 0 Å². The summed E-state index contributed by atoms with van der Waals surface area (Å²) in [6, 6.07) is -0.0511. The highest BCUT2D eigenvalue weighted by Gasteiger charge is 2.44. The molecule has 1 aliphatic rings. The lowest BCUT2D eigenvalue weighted by Crippen LogP contribution is -2.49. The van der Waals surface area contributed by atoms with Gasteiger partial charge in [0.05, 0.1) is 12.6 Å². The summed E-state index contributed by atoms with van der Waals surface area (Å²) in [6.45, 7) is 11.8. The van der Waals surface area contributed by atoms with Crippen LogP contribution in [0, 0.1) is 0 Å². The molecule has 1 fully saturated rings. The number of hydrogen-bond acceptors (Lipinski definition) is 3. The van der Waals surface area contributed by atoms with Crippen molar-refractivity contribution >= 4 is 6.09 Å². The van der Waals surface area contributed by atoms with E-state index in [9.17, 15) is 4.79 Å². The predicted molar refractivity (Wildman–Crippen MR) is 66.7 cm³/mol. The first-order valence-electron chi connectivity index (χ1n) is 5.96. The van der Waals surface area contributed by atoms with Gasteiger partial charge in [-0.1, -0.05) is 12.2 Å². The fraction of sp³-hybridized carbons (Fsp3) is 0.769. The molecule has 17 heavy (non-hydrogen) atoms. The van der Waals surface area contributed by atoms with Crippen LogP contribution in [0.1, 0.15) is 41.5 Å². The van der Waals surface area contributed by atoms with Gasteiger partial charge in [0.1, 0.15) is 11.3 Å². The van der Waals surface area contributed by atoms with Gasteiger partial charge in [-0.25, -0.2) is 4.79 Å². The first-order valence-corrected chi connectivity index (χ1v) is 5.96. The summed E-state index contributed by atoms with van der Waals surface area (Å²) in [7, 11) is 0. The molecule has 0 aliphatic carbocycles. The van der Waals surface area contributed by atoms with E-state index in [1.807, 2.05) is 53.7 Å². The highest BCUT2D eigenvalue weighted by atomic mass is 16.6. The van der Waals surface area contributed by atoms with Gasteiger partial charge in [-0.2, -0.15) is 0 Å². The summed E-state index contributed by atoms with van der Waals surface area (Å²) in [6.07, 6.45) is 3.55. The molecule has 0 radical (unpaired) electrons. The third-order valence-electron chi connectivity index (χ3n) is 2.52. The number of carbonyl (C=O) groups is 1. The Kier molecular flexibility index (Phi) is 3.87. The largest absolute Gasteiger partial charge is 0.444 e. The Labute approximate surface area is 104 Å². The lowest BCUT2D eigenvalue weighted by atomic mass is 10.2. The van der Waals surface area contributed by atoms with Gasteiger partial charge in [-0.3, -0.25) is 4.90 Å². The SMILES string of the molecule is C/C=C\[C@H]1COC(C)(C)N1C(=O)OC(C)(C)C. The molecule has 1 atom stereocenters. The van der Waals surface area contributed by atoms with Crippen LogP contribution in [0.2, 0.25) is 0 Å². The van der Waals surface area contributed by atoms with Gasteiger partial charge < -0.3 is 9.47 Å². The van der Waals surface area contributed by atoms with Crippen LogP contribution in [0.25, 0.3) is 0 Å². The standard InChI is InChI=1S/C13H23NO3/c1-7-8-10-9-16-13(5,6)14(10)11(15)17-12(2,3)4/h7-8,10H,9H2,1-6H3/b8-7-/t10-/m0/s1. The van der Waals surface area contributed by atoms with Gasteiger partial charge >= 0.3 is 6.09 Å². The molecule has 1 rings (SSSR count). The minimum atomic E-state index is -0.619. The quantitative estimate of drug-likeness (QED) is 0.662. The Balaban J connectivity index is 2.86. The number of hydrogen-bond donors (Lipinski definition) is 0. The van der Waals surface area contributed by atoms with E-state index in [1.165, 1.54) is 0 Å². The average molecular weight is 241 g/mol. The van der Waals surface area contributed by atoms with Crippen LogP contribution in [-0.2, 0) is 9.47 Å². The Bertz CT molecular complexity index is 315. The number of ether oxygens (including phenoxy) is 2. The lowest BCUT2D eigenvalue weighted by Gasteiger charge is -2.34. The molecule has 0 aromatic rings. The zero-order chi connectivity index (χ0) is 13.3. The number of allylic oxidation sites excluding steroid dienone is 1. The molecule has 98 valence electrons. The van der Waals surface area contributed by atoms with Crippen molar-refractivity contribution < 1.29 is 14.3 Å². The zero-order valence-electron chi connectivity index (χ0n) is 11.6. The monoisotopic (exact) mass is 241 g/mol. The second kappa shape index (κ2) is 4.69. The summed E-state index contributed by atoms with van der Waals surface area (Å²) in [5.41, 5.74) is -1.11. The Morgan fingerprint density at radius 1 is 1.47 bits per heavy atom. The summed E-state index contributed by atoms with van der Waals surface area (Å²) in [5, 5.41) is 0. The van der Waals surface area contributed by atoms with Gasteiger partial charge in [0.2, 0.25) is 0 Å². The van der Waals surface area contributed by atoms with Crippen LogP contribution >= 0.6 is 0 Å². The molecule has 1 heterocycles. The van der Waals surface area contributed by atoms with Crippen LogP contribution < -0.4 is 0 Å². The van der Waals surface area contributed by atoms with Crippen molar-refractivity contribution in [2.45, 2.75) is 58.9 Å². The molecule has 1 amide bonds. The molecule has 4 heteroatoms. The lowest BCUT2D eigenvalue weighted by molar-refractivity contribution is -0.0610. The Hall–Kier alpha value is -1.03. The van der Waals surface area contributed by atoms with Crippen LogP contribution in [0.4, 0.5) is 4.79 Å². The van der Waals surface area contributed by atoms with E-state index in [2.05, 4.69) is 0 Å². The van der Waals surface area contributed by atoms with E-state index in [4.69, 9.17) is 9.47 Å². The van der Waals surface area contributed by atoms with Gasteiger partial charge in [-0.15, -0.1) is 0 Å². The van der Waals surface area contributed by atoms with Crippen molar-refractivity contribution in [3.05, 3.63) is 12.2 Å². The maximum absolute atomic E-state index is 12.2. The smallest absolute Gasteiger partial charge is 0.413 e. The predicted octanol–water partition coefficient (Wildman–Crippen LogP) is 2.93. The minimum Gasteiger partial charge on any atom is -0.444 e. The van der Waals surface area contributed by atoms with Crippen molar-refractivity contribution in [2.75, 3.05) is 6.61 Å². The van der Waals surface area contributed by atoms with Crippen molar-refractivity contribution in [2.24, 2.45) is 0 Å². The number of carbonyl (C=O) groups excluding carboxylic acids is 1. The van der Waals surface area contributed by atoms with Gasteiger partial charge in [0.15, 0.2) is 0 Å². The third-order valence-corrected chi connectivity index (χ3v) is 2.52. The fourth-order valence-electron chi connectivity index (χ4n) is 1.86. The van der Waals surface area contributed by atoms with E-state index in [0.29, 0.717) is 6.61 Å². The molecular weight excluding hydrogens is 218 g/mol. The zero-order valence-corrected chi connectivity index (χ0v) is 11.6. The summed E-state index contributed by atoms with van der Waals surface area (Å²) in [4.78, 5) is 13.8. The molecule has 0 aromatic carbocycles. The minimum absolute atomic E-state index is 0.0511. The molecule has 0 spiro atoms. The summed E-state index contributed by atoms with van der Waals surface area (Å²) < 4.78 is 11.0. The molecular formula is C13H23NO3. The first-order chi connectivity index (χ1) is 7.67. The second-order valence-corrected chi connectivity index (χ2v) is 5.70. The van der Waals surface area contributed by atoms with Crippen molar-refractivity contribution in [1.29, 1.82) is 0 Å². The van der Waals surface area contributed by atoms with Crippen molar-refractivity contribution in [3.8, 4) is 0 Å². The molecule has 0 aromatic heterocycles. The first kappa shape index (κ1) is 14.0. The normalized spacial score (nSPS) is 24.4. The number of nitrogens with zero attached hydrogens (tertiary/aromatic N) is 1. The van der Waals surface area contributed by atoms with Crippen LogP contribution in [0.15, 0.2) is 12.2 Å². The maximum Gasteiger partial charge on any atom is 0.413 e. The maximum atomic E-state index is 12.2. The molecule has 0 bridgehead atoms. The molecule has 0 saturated carbocycles. The Morgan fingerprint density at radius 3 is 2.53 bits per heavy atom.